The molecule has 0 aliphatic rings. The third kappa shape index (κ3) is 4.03. The molecule has 112 valence electrons. The van der Waals surface area contributed by atoms with E-state index >= 15 is 0 Å². The molecular formula is C13H19NO5S. The van der Waals surface area contributed by atoms with E-state index in [4.69, 9.17) is 5.11 Å². The maximum atomic E-state index is 12.2. The number of aryl methyl sites for hydroxylation is 1. The van der Waals surface area contributed by atoms with Crippen molar-refractivity contribution in [1.82, 2.24) is 4.72 Å². The van der Waals surface area contributed by atoms with Crippen molar-refractivity contribution in [3.63, 3.8) is 0 Å². The van der Waals surface area contributed by atoms with E-state index in [2.05, 4.69) is 4.72 Å². The lowest BCUT2D eigenvalue weighted by molar-refractivity contribution is 0.0613. The Hall–Kier alpha value is -1.44. The largest absolute Gasteiger partial charge is 0.478 e. The van der Waals surface area contributed by atoms with Crippen LogP contribution < -0.4 is 4.72 Å². The van der Waals surface area contributed by atoms with E-state index in [0.717, 1.165) is 6.07 Å². The number of hydrogen-bond donors (Lipinski definition) is 3. The first-order valence-corrected chi connectivity index (χ1v) is 7.63. The molecule has 0 heterocycles. The number of aliphatic hydroxyl groups is 1. The zero-order valence-corrected chi connectivity index (χ0v) is 12.5. The zero-order chi connectivity index (χ0) is 15.6. The number of hydrogen-bond acceptors (Lipinski definition) is 4. The Kier molecular flexibility index (Phi) is 4.90. The number of benzene rings is 1. The number of carbonyl (C=O) groups is 1. The summed E-state index contributed by atoms with van der Waals surface area (Å²) in [5, 5.41) is 18.7. The van der Waals surface area contributed by atoms with Gasteiger partial charge in [-0.05, 0) is 38.0 Å². The normalized spacial score (nSPS) is 14.8. The average Bonchev–Trinajstić information content (AvgIpc) is 2.37. The highest BCUT2D eigenvalue weighted by atomic mass is 32.2. The van der Waals surface area contributed by atoms with Gasteiger partial charge in [0.15, 0.2) is 0 Å². The minimum Gasteiger partial charge on any atom is -0.478 e. The summed E-state index contributed by atoms with van der Waals surface area (Å²) >= 11 is 0. The summed E-state index contributed by atoms with van der Waals surface area (Å²) in [6.45, 7) is 4.71. The molecule has 1 atom stereocenters. The van der Waals surface area contributed by atoms with Gasteiger partial charge in [-0.2, -0.15) is 0 Å². The predicted molar refractivity (Wildman–Crippen MR) is 74.2 cm³/mol. The van der Waals surface area contributed by atoms with Crippen molar-refractivity contribution >= 4 is 16.0 Å². The van der Waals surface area contributed by atoms with E-state index < -0.39 is 21.6 Å². The van der Waals surface area contributed by atoms with E-state index in [1.165, 1.54) is 19.1 Å². The highest BCUT2D eigenvalue weighted by Gasteiger charge is 2.24. The van der Waals surface area contributed by atoms with Crippen molar-refractivity contribution in [2.45, 2.75) is 37.7 Å². The van der Waals surface area contributed by atoms with Gasteiger partial charge in [0.2, 0.25) is 10.0 Å². The highest BCUT2D eigenvalue weighted by Crippen LogP contribution is 2.18. The van der Waals surface area contributed by atoms with Crippen molar-refractivity contribution in [2.24, 2.45) is 0 Å². The zero-order valence-electron chi connectivity index (χ0n) is 11.7. The quantitative estimate of drug-likeness (QED) is 0.731. The van der Waals surface area contributed by atoms with Gasteiger partial charge in [-0.1, -0.05) is 13.0 Å². The Morgan fingerprint density at radius 2 is 2.00 bits per heavy atom. The number of carboxylic acids is 1. The van der Waals surface area contributed by atoms with Gasteiger partial charge in [-0.15, -0.1) is 0 Å². The van der Waals surface area contributed by atoms with Gasteiger partial charge in [0, 0.05) is 6.54 Å². The molecule has 0 aliphatic carbocycles. The number of carboxylic acid groups (broad SMARTS) is 1. The Bertz CT molecular complexity index is 607. The minimum absolute atomic E-state index is 0.0932. The maximum absolute atomic E-state index is 12.2. The van der Waals surface area contributed by atoms with Crippen LogP contribution in [0.2, 0.25) is 0 Å². The second kappa shape index (κ2) is 5.90. The average molecular weight is 301 g/mol. The first-order valence-electron chi connectivity index (χ1n) is 6.15. The molecule has 1 unspecified atom stereocenters. The topological polar surface area (TPSA) is 104 Å². The van der Waals surface area contributed by atoms with Gasteiger partial charge in [0.25, 0.3) is 0 Å². The van der Waals surface area contributed by atoms with Gasteiger partial charge >= 0.3 is 5.97 Å². The summed E-state index contributed by atoms with van der Waals surface area (Å²) in [5.74, 6) is -1.19. The number of sulfonamides is 1. The van der Waals surface area contributed by atoms with Gasteiger partial charge in [0.1, 0.15) is 0 Å². The number of rotatable bonds is 6. The smallest absolute Gasteiger partial charge is 0.335 e. The van der Waals surface area contributed by atoms with Crippen molar-refractivity contribution in [3.8, 4) is 0 Å². The van der Waals surface area contributed by atoms with E-state index in [9.17, 15) is 18.3 Å². The van der Waals surface area contributed by atoms with Gasteiger partial charge in [0.05, 0.1) is 16.1 Å². The first-order chi connectivity index (χ1) is 9.09. The van der Waals surface area contributed by atoms with Crippen LogP contribution in [0.5, 0.6) is 0 Å². The summed E-state index contributed by atoms with van der Waals surface area (Å²) in [4.78, 5) is 10.8. The molecule has 0 bridgehead atoms. The van der Waals surface area contributed by atoms with Crippen LogP contribution in [0.15, 0.2) is 23.1 Å². The molecule has 0 spiro atoms. The third-order valence-corrected chi connectivity index (χ3v) is 4.67. The lowest BCUT2D eigenvalue weighted by Crippen LogP contribution is -2.40. The van der Waals surface area contributed by atoms with E-state index in [1.54, 1.807) is 13.8 Å². The summed E-state index contributed by atoms with van der Waals surface area (Å²) in [6, 6.07) is 3.90. The predicted octanol–water partition coefficient (Wildman–Crippen LogP) is 1.13. The molecule has 0 radical (unpaired) electrons. The fourth-order valence-corrected chi connectivity index (χ4v) is 2.91. The van der Waals surface area contributed by atoms with Gasteiger partial charge in [-0.3, -0.25) is 0 Å². The summed E-state index contributed by atoms with van der Waals surface area (Å²) in [7, 11) is -3.86. The van der Waals surface area contributed by atoms with Crippen LogP contribution in [0.1, 0.15) is 36.2 Å². The molecule has 7 heteroatoms. The Morgan fingerprint density at radius 1 is 1.40 bits per heavy atom. The molecule has 1 aromatic rings. The molecule has 0 saturated heterocycles. The third-order valence-electron chi connectivity index (χ3n) is 3.13. The van der Waals surface area contributed by atoms with Crippen LogP contribution in [0.3, 0.4) is 0 Å². The number of nitrogens with one attached hydrogen (secondary N) is 1. The first kappa shape index (κ1) is 16.6. The van der Waals surface area contributed by atoms with E-state index in [-0.39, 0.29) is 17.0 Å². The summed E-state index contributed by atoms with van der Waals surface area (Å²) < 4.78 is 26.7. The lowest BCUT2D eigenvalue weighted by atomic mass is 10.1. The van der Waals surface area contributed by atoms with Crippen molar-refractivity contribution < 1.29 is 23.4 Å². The van der Waals surface area contributed by atoms with Crippen LogP contribution in [-0.4, -0.2) is 36.7 Å². The molecule has 0 aliphatic heterocycles. The molecule has 0 fully saturated rings. The molecule has 6 nitrogen and oxygen atoms in total. The SMILES string of the molecule is CCC(C)(O)CNS(=O)(=O)c1cc(C(=O)O)ccc1C. The molecule has 0 amide bonds. The fraction of sp³-hybridized carbons (Fsp3) is 0.462. The molecule has 1 rings (SSSR count). The van der Waals surface area contributed by atoms with Crippen molar-refractivity contribution in [2.75, 3.05) is 6.54 Å². The molecule has 0 saturated carbocycles. The molecule has 20 heavy (non-hydrogen) atoms. The summed E-state index contributed by atoms with van der Waals surface area (Å²) in [5.41, 5.74) is -0.803. The minimum atomic E-state index is -3.86. The Balaban J connectivity index is 3.09. The Morgan fingerprint density at radius 3 is 2.50 bits per heavy atom. The molecule has 3 N–H and O–H groups in total. The second-order valence-electron chi connectivity index (χ2n) is 4.96. The monoisotopic (exact) mass is 301 g/mol. The lowest BCUT2D eigenvalue weighted by Gasteiger charge is -2.21. The fourth-order valence-electron chi connectivity index (χ4n) is 1.48. The van der Waals surface area contributed by atoms with E-state index in [0.29, 0.717) is 12.0 Å². The second-order valence-corrected chi connectivity index (χ2v) is 6.70. The maximum Gasteiger partial charge on any atom is 0.335 e. The molecule has 0 aromatic heterocycles. The standard InChI is InChI=1S/C13H19NO5S/c1-4-13(3,17)8-14-20(18,19)11-7-10(12(15)16)6-5-9(11)2/h5-7,14,17H,4,8H2,1-3H3,(H,15,16). The van der Waals surface area contributed by atoms with Crippen LogP contribution in [-0.2, 0) is 10.0 Å². The van der Waals surface area contributed by atoms with Crippen LogP contribution >= 0.6 is 0 Å². The molecule has 1 aromatic carbocycles. The van der Waals surface area contributed by atoms with Gasteiger partial charge in [-0.25, -0.2) is 17.9 Å². The molecular weight excluding hydrogens is 282 g/mol. The Labute approximate surface area is 118 Å². The summed E-state index contributed by atoms with van der Waals surface area (Å²) in [6.07, 6.45) is 0.393. The van der Waals surface area contributed by atoms with Crippen molar-refractivity contribution in [3.05, 3.63) is 29.3 Å². The van der Waals surface area contributed by atoms with Crippen LogP contribution in [0, 0.1) is 6.92 Å². The van der Waals surface area contributed by atoms with Crippen molar-refractivity contribution in [1.29, 1.82) is 0 Å². The van der Waals surface area contributed by atoms with Crippen LogP contribution in [0.25, 0.3) is 0 Å². The van der Waals surface area contributed by atoms with E-state index in [1.807, 2.05) is 0 Å². The van der Waals surface area contributed by atoms with Crippen LogP contribution in [0.4, 0.5) is 0 Å². The highest BCUT2D eigenvalue weighted by molar-refractivity contribution is 7.89. The van der Waals surface area contributed by atoms with Gasteiger partial charge < -0.3 is 10.2 Å². The number of aromatic carboxylic acids is 1.